The Morgan fingerprint density at radius 2 is 2.12 bits per heavy atom. The summed E-state index contributed by atoms with van der Waals surface area (Å²) in [7, 11) is -1.93. The average molecular weight is 410 g/mol. The second-order valence-corrected chi connectivity index (χ2v) is 10.2. The van der Waals surface area contributed by atoms with Gasteiger partial charge < -0.3 is 5.32 Å². The van der Waals surface area contributed by atoms with Crippen LogP contribution in [0.5, 0.6) is 0 Å². The van der Waals surface area contributed by atoms with Crippen LogP contribution in [0, 0.1) is 6.92 Å². The Labute approximate surface area is 160 Å². The number of nitrogens with zero attached hydrogens (tertiary/aromatic N) is 2. The summed E-state index contributed by atoms with van der Waals surface area (Å²) in [6.45, 7) is 2.30. The molecule has 1 aromatic carbocycles. The van der Waals surface area contributed by atoms with E-state index in [1.807, 2.05) is 25.1 Å². The molecule has 138 valence electrons. The lowest BCUT2D eigenvalue weighted by atomic mass is 10.2. The SMILES string of the molecule is Cc1ccc2nc(NC(=O)CCCN(C)S(=O)(=O)c3cccs3)sc2c1. The van der Waals surface area contributed by atoms with Crippen LogP contribution in [0.25, 0.3) is 10.2 Å². The maximum Gasteiger partial charge on any atom is 0.252 e. The molecular formula is C17H19N3O3S3. The lowest BCUT2D eigenvalue weighted by molar-refractivity contribution is -0.116. The molecule has 1 N–H and O–H groups in total. The van der Waals surface area contributed by atoms with Gasteiger partial charge >= 0.3 is 0 Å². The second-order valence-electron chi connectivity index (χ2n) is 5.90. The standard InChI is InChI=1S/C17H19N3O3S3/c1-12-7-8-13-14(11-12)25-17(18-13)19-15(21)5-3-9-20(2)26(22,23)16-6-4-10-24-16/h4,6-8,10-11H,3,5,9H2,1-2H3,(H,18,19,21). The predicted octanol–water partition coefficient (Wildman–Crippen LogP) is 3.71. The van der Waals surface area contributed by atoms with Crippen LogP contribution in [-0.4, -0.2) is 37.2 Å². The number of thiophene rings is 1. The summed E-state index contributed by atoms with van der Waals surface area (Å²) in [6, 6.07) is 9.24. The molecule has 0 aliphatic rings. The molecule has 9 heteroatoms. The minimum Gasteiger partial charge on any atom is -0.302 e. The maximum atomic E-state index is 12.3. The van der Waals surface area contributed by atoms with Crippen molar-refractivity contribution >= 4 is 54.0 Å². The third kappa shape index (κ3) is 4.29. The van der Waals surface area contributed by atoms with Gasteiger partial charge in [-0.3, -0.25) is 4.79 Å². The van der Waals surface area contributed by atoms with Crippen molar-refractivity contribution in [2.75, 3.05) is 18.9 Å². The highest BCUT2D eigenvalue weighted by Gasteiger charge is 2.21. The Bertz CT molecular complexity index is 1010. The van der Waals surface area contributed by atoms with Crippen LogP contribution < -0.4 is 5.32 Å². The van der Waals surface area contributed by atoms with Crippen LogP contribution in [0.1, 0.15) is 18.4 Å². The largest absolute Gasteiger partial charge is 0.302 e. The van der Waals surface area contributed by atoms with Crippen LogP contribution in [0.15, 0.2) is 39.9 Å². The predicted molar refractivity (Wildman–Crippen MR) is 106 cm³/mol. The molecule has 26 heavy (non-hydrogen) atoms. The summed E-state index contributed by atoms with van der Waals surface area (Å²) in [5.74, 6) is -0.164. The summed E-state index contributed by atoms with van der Waals surface area (Å²) in [4.78, 5) is 16.5. The Morgan fingerprint density at radius 1 is 1.31 bits per heavy atom. The molecule has 0 unspecified atom stereocenters. The van der Waals surface area contributed by atoms with E-state index in [1.54, 1.807) is 17.5 Å². The van der Waals surface area contributed by atoms with Crippen molar-refractivity contribution in [1.82, 2.24) is 9.29 Å². The van der Waals surface area contributed by atoms with Gasteiger partial charge in [-0.05, 0) is 42.5 Å². The third-order valence-corrected chi connectivity index (χ3v) is 7.99. The van der Waals surface area contributed by atoms with Crippen molar-refractivity contribution in [3.63, 3.8) is 0 Å². The number of carbonyl (C=O) groups is 1. The molecule has 0 aliphatic carbocycles. The van der Waals surface area contributed by atoms with Gasteiger partial charge in [0.2, 0.25) is 5.91 Å². The monoisotopic (exact) mass is 409 g/mol. The molecule has 1 amide bonds. The first-order chi connectivity index (χ1) is 12.4. The molecule has 0 saturated carbocycles. The van der Waals surface area contributed by atoms with E-state index in [9.17, 15) is 13.2 Å². The minimum atomic E-state index is -3.46. The van der Waals surface area contributed by atoms with E-state index in [2.05, 4.69) is 10.3 Å². The van der Waals surface area contributed by atoms with Gasteiger partial charge in [-0.25, -0.2) is 17.7 Å². The number of sulfonamides is 1. The average Bonchev–Trinajstić information content (AvgIpc) is 3.23. The fourth-order valence-corrected chi connectivity index (χ4v) is 5.80. The van der Waals surface area contributed by atoms with Crippen molar-refractivity contribution < 1.29 is 13.2 Å². The van der Waals surface area contributed by atoms with E-state index in [-0.39, 0.29) is 18.9 Å². The number of aromatic nitrogens is 1. The number of carbonyl (C=O) groups excluding carboxylic acids is 1. The van der Waals surface area contributed by atoms with Crippen LogP contribution in [0.4, 0.5) is 5.13 Å². The number of nitrogens with one attached hydrogen (secondary N) is 1. The number of anilines is 1. The van der Waals surface area contributed by atoms with Gasteiger partial charge in [0.1, 0.15) is 4.21 Å². The van der Waals surface area contributed by atoms with Crippen molar-refractivity contribution in [3.8, 4) is 0 Å². The van der Waals surface area contributed by atoms with Crippen molar-refractivity contribution in [2.45, 2.75) is 24.0 Å². The first-order valence-electron chi connectivity index (χ1n) is 8.03. The van der Waals surface area contributed by atoms with E-state index in [4.69, 9.17) is 0 Å². The highest BCUT2D eigenvalue weighted by Crippen LogP contribution is 2.26. The van der Waals surface area contributed by atoms with E-state index in [0.29, 0.717) is 15.8 Å². The van der Waals surface area contributed by atoms with Crippen molar-refractivity contribution in [1.29, 1.82) is 0 Å². The van der Waals surface area contributed by atoms with E-state index >= 15 is 0 Å². The molecule has 3 rings (SSSR count). The van der Waals surface area contributed by atoms with E-state index in [0.717, 1.165) is 15.8 Å². The lowest BCUT2D eigenvalue weighted by Gasteiger charge is -2.15. The van der Waals surface area contributed by atoms with Gasteiger partial charge in [-0.1, -0.05) is 23.5 Å². The number of amides is 1. The molecule has 6 nitrogen and oxygen atoms in total. The van der Waals surface area contributed by atoms with Gasteiger partial charge in [-0.2, -0.15) is 0 Å². The van der Waals surface area contributed by atoms with Crippen LogP contribution in [-0.2, 0) is 14.8 Å². The Hall–Kier alpha value is -1.81. The molecule has 0 radical (unpaired) electrons. The number of fused-ring (bicyclic) bond motifs is 1. The second kappa shape index (κ2) is 7.83. The summed E-state index contributed by atoms with van der Waals surface area (Å²) in [6.07, 6.45) is 0.677. The molecule has 3 aromatic rings. The van der Waals surface area contributed by atoms with Crippen molar-refractivity contribution in [2.24, 2.45) is 0 Å². The van der Waals surface area contributed by atoms with Gasteiger partial charge in [0.15, 0.2) is 5.13 Å². The Kier molecular flexibility index (Phi) is 5.71. The molecule has 0 aliphatic heterocycles. The zero-order valence-electron chi connectivity index (χ0n) is 14.4. The van der Waals surface area contributed by atoms with Gasteiger partial charge in [0.25, 0.3) is 10.0 Å². The number of hydrogen-bond donors (Lipinski definition) is 1. The Balaban J connectivity index is 1.52. The number of hydrogen-bond acceptors (Lipinski definition) is 6. The highest BCUT2D eigenvalue weighted by atomic mass is 32.2. The minimum absolute atomic E-state index is 0.164. The maximum absolute atomic E-state index is 12.3. The summed E-state index contributed by atoms with van der Waals surface area (Å²) >= 11 is 2.62. The number of thiazole rings is 1. The third-order valence-electron chi connectivity index (χ3n) is 3.83. The summed E-state index contributed by atoms with van der Waals surface area (Å²) in [5.41, 5.74) is 2.01. The van der Waals surface area contributed by atoms with Crippen LogP contribution >= 0.6 is 22.7 Å². The highest BCUT2D eigenvalue weighted by molar-refractivity contribution is 7.91. The van der Waals surface area contributed by atoms with Crippen LogP contribution in [0.3, 0.4) is 0 Å². The molecule has 0 spiro atoms. The zero-order valence-corrected chi connectivity index (χ0v) is 16.9. The van der Waals surface area contributed by atoms with E-state index < -0.39 is 10.0 Å². The lowest BCUT2D eigenvalue weighted by Crippen LogP contribution is -2.28. The van der Waals surface area contributed by atoms with Gasteiger partial charge in [0.05, 0.1) is 10.2 Å². The van der Waals surface area contributed by atoms with Crippen LogP contribution in [0.2, 0.25) is 0 Å². The zero-order chi connectivity index (χ0) is 18.7. The molecule has 0 saturated heterocycles. The van der Waals surface area contributed by atoms with Gasteiger partial charge in [0, 0.05) is 20.0 Å². The fourth-order valence-electron chi connectivity index (χ4n) is 2.41. The number of rotatable bonds is 7. The molecule has 0 fully saturated rings. The summed E-state index contributed by atoms with van der Waals surface area (Å²) < 4.78 is 27.3. The van der Waals surface area contributed by atoms with Gasteiger partial charge in [-0.15, -0.1) is 11.3 Å². The Morgan fingerprint density at radius 3 is 2.85 bits per heavy atom. The first-order valence-corrected chi connectivity index (χ1v) is 11.2. The number of aryl methyl sites for hydroxylation is 1. The topological polar surface area (TPSA) is 79.4 Å². The van der Waals surface area contributed by atoms with E-state index in [1.165, 1.54) is 34.0 Å². The quantitative estimate of drug-likeness (QED) is 0.645. The molecule has 0 bridgehead atoms. The fraction of sp³-hybridized carbons (Fsp3) is 0.294. The van der Waals surface area contributed by atoms with Crippen molar-refractivity contribution in [3.05, 3.63) is 41.3 Å². The number of benzene rings is 1. The summed E-state index contributed by atoms with van der Waals surface area (Å²) in [5, 5.41) is 5.09. The normalized spacial score (nSPS) is 12.0. The first kappa shape index (κ1) is 19.0. The molecular weight excluding hydrogens is 390 g/mol. The molecule has 0 atom stereocenters. The smallest absolute Gasteiger partial charge is 0.252 e. The molecule has 2 heterocycles. The molecule has 2 aromatic heterocycles.